The molecule has 1 aromatic heterocycles. The molecule has 0 spiro atoms. The highest BCUT2D eigenvalue weighted by Gasteiger charge is 2.18. The van der Waals surface area contributed by atoms with Crippen molar-refractivity contribution in [2.75, 3.05) is 12.3 Å². The number of anilines is 1. The molecule has 0 aromatic carbocycles. The molecule has 0 amide bonds. The quantitative estimate of drug-likeness (QED) is 0.826. The van der Waals surface area contributed by atoms with Gasteiger partial charge in [-0.1, -0.05) is 6.92 Å². The van der Waals surface area contributed by atoms with E-state index in [9.17, 15) is 0 Å². The van der Waals surface area contributed by atoms with Gasteiger partial charge < -0.3 is 10.5 Å². The lowest BCUT2D eigenvalue weighted by Crippen LogP contribution is -2.14. The Morgan fingerprint density at radius 2 is 2.12 bits per heavy atom. The molecule has 2 N–H and O–H groups in total. The fourth-order valence-electron chi connectivity index (χ4n) is 1.92. The van der Waals surface area contributed by atoms with Crippen molar-refractivity contribution in [3.63, 3.8) is 0 Å². The van der Waals surface area contributed by atoms with Crippen LogP contribution in [0.1, 0.15) is 37.8 Å². The summed E-state index contributed by atoms with van der Waals surface area (Å²) in [5, 5.41) is 0. The van der Waals surface area contributed by atoms with E-state index in [4.69, 9.17) is 10.5 Å². The van der Waals surface area contributed by atoms with Gasteiger partial charge in [0.25, 0.3) is 0 Å². The summed E-state index contributed by atoms with van der Waals surface area (Å²) < 4.78 is 5.56. The third-order valence-electron chi connectivity index (χ3n) is 2.65. The Morgan fingerprint density at radius 3 is 2.81 bits per heavy atom. The Balaban J connectivity index is 2.06. The van der Waals surface area contributed by atoms with E-state index in [-0.39, 0.29) is 6.10 Å². The fraction of sp³-hybridized carbons (Fsp3) is 0.727. The van der Waals surface area contributed by atoms with Gasteiger partial charge in [-0.05, 0) is 19.3 Å². The van der Waals surface area contributed by atoms with Crippen LogP contribution < -0.4 is 5.73 Å². The molecule has 1 aromatic rings. The van der Waals surface area contributed by atoms with Gasteiger partial charge in [0.1, 0.15) is 11.6 Å². The molecular formula is C11H18N4O. The summed E-state index contributed by atoms with van der Waals surface area (Å²) in [6.45, 7) is 2.95. The number of rotatable bonds is 4. The second kappa shape index (κ2) is 5.21. The first-order valence-corrected chi connectivity index (χ1v) is 5.89. The topological polar surface area (TPSA) is 73.9 Å². The molecule has 16 heavy (non-hydrogen) atoms. The summed E-state index contributed by atoms with van der Waals surface area (Å²) in [6.07, 6.45) is 5.11. The van der Waals surface area contributed by atoms with Gasteiger partial charge in [-0.25, -0.2) is 4.98 Å². The van der Waals surface area contributed by atoms with Gasteiger partial charge >= 0.3 is 0 Å². The molecule has 2 heterocycles. The molecule has 1 aliphatic heterocycles. The smallest absolute Gasteiger partial charge is 0.223 e. The predicted octanol–water partition coefficient (Wildman–Crippen LogP) is 1.13. The minimum Gasteiger partial charge on any atom is -0.378 e. The van der Waals surface area contributed by atoms with Crippen molar-refractivity contribution in [2.45, 2.75) is 45.1 Å². The summed E-state index contributed by atoms with van der Waals surface area (Å²) in [4.78, 5) is 12.7. The van der Waals surface area contributed by atoms with Gasteiger partial charge in [-0.2, -0.15) is 9.97 Å². The van der Waals surface area contributed by atoms with Gasteiger partial charge in [-0.3, -0.25) is 0 Å². The summed E-state index contributed by atoms with van der Waals surface area (Å²) in [5.74, 6) is 1.89. The van der Waals surface area contributed by atoms with E-state index in [0.717, 1.165) is 50.4 Å². The minimum absolute atomic E-state index is 0.260. The Bertz CT molecular complexity index is 350. The number of aromatic nitrogens is 3. The van der Waals surface area contributed by atoms with Gasteiger partial charge in [0.05, 0.1) is 6.10 Å². The van der Waals surface area contributed by atoms with Crippen LogP contribution in [-0.2, 0) is 17.6 Å². The molecule has 1 saturated heterocycles. The van der Waals surface area contributed by atoms with Crippen LogP contribution in [0.15, 0.2) is 0 Å². The lowest BCUT2D eigenvalue weighted by molar-refractivity contribution is 0.110. The fourth-order valence-corrected chi connectivity index (χ4v) is 1.92. The van der Waals surface area contributed by atoms with Crippen molar-refractivity contribution in [3.8, 4) is 0 Å². The van der Waals surface area contributed by atoms with Crippen molar-refractivity contribution >= 4 is 5.95 Å². The molecule has 1 aliphatic rings. The predicted molar refractivity (Wildman–Crippen MR) is 60.9 cm³/mol. The van der Waals surface area contributed by atoms with Crippen LogP contribution in [0.5, 0.6) is 0 Å². The summed E-state index contributed by atoms with van der Waals surface area (Å²) in [6, 6.07) is 0. The molecular weight excluding hydrogens is 204 g/mol. The standard InChI is InChI=1S/C11H18N4O/c1-2-4-9-13-10(15-11(12)14-9)7-8-5-3-6-16-8/h8H,2-7H2,1H3,(H2,12,13,14,15). The summed E-state index contributed by atoms with van der Waals surface area (Å²) in [7, 11) is 0. The van der Waals surface area contributed by atoms with E-state index in [1.807, 2.05) is 0 Å². The molecule has 88 valence electrons. The summed E-state index contributed by atoms with van der Waals surface area (Å²) >= 11 is 0. The van der Waals surface area contributed by atoms with Gasteiger partial charge in [0.2, 0.25) is 5.95 Å². The van der Waals surface area contributed by atoms with Gasteiger partial charge in [-0.15, -0.1) is 0 Å². The number of nitrogens with two attached hydrogens (primary N) is 1. The largest absolute Gasteiger partial charge is 0.378 e. The minimum atomic E-state index is 0.260. The van der Waals surface area contributed by atoms with Crippen LogP contribution in [0.2, 0.25) is 0 Å². The Hall–Kier alpha value is -1.23. The highest BCUT2D eigenvalue weighted by Crippen LogP contribution is 2.15. The third kappa shape index (κ3) is 2.88. The Labute approximate surface area is 95.5 Å². The number of nitrogens with zero attached hydrogens (tertiary/aromatic N) is 3. The first-order chi connectivity index (χ1) is 7.78. The molecule has 0 radical (unpaired) electrons. The average Bonchev–Trinajstić information content (AvgIpc) is 2.70. The molecule has 0 saturated carbocycles. The number of hydrogen-bond acceptors (Lipinski definition) is 5. The summed E-state index contributed by atoms with van der Waals surface area (Å²) in [5.41, 5.74) is 5.66. The molecule has 1 unspecified atom stereocenters. The number of nitrogen functional groups attached to an aromatic ring is 1. The van der Waals surface area contributed by atoms with Crippen molar-refractivity contribution in [3.05, 3.63) is 11.6 Å². The van der Waals surface area contributed by atoms with Crippen LogP contribution in [-0.4, -0.2) is 27.7 Å². The zero-order valence-electron chi connectivity index (χ0n) is 9.65. The molecule has 0 aliphatic carbocycles. The SMILES string of the molecule is CCCc1nc(N)nc(CC2CCCO2)n1. The first kappa shape index (κ1) is 11.3. The lowest BCUT2D eigenvalue weighted by atomic mass is 10.2. The normalized spacial score (nSPS) is 20.2. The maximum Gasteiger partial charge on any atom is 0.223 e. The zero-order chi connectivity index (χ0) is 11.4. The van der Waals surface area contributed by atoms with Crippen molar-refractivity contribution in [2.24, 2.45) is 0 Å². The monoisotopic (exact) mass is 222 g/mol. The van der Waals surface area contributed by atoms with Crippen LogP contribution in [0.4, 0.5) is 5.95 Å². The van der Waals surface area contributed by atoms with Gasteiger partial charge in [0.15, 0.2) is 0 Å². The van der Waals surface area contributed by atoms with Crippen LogP contribution in [0, 0.1) is 0 Å². The van der Waals surface area contributed by atoms with Crippen molar-refractivity contribution < 1.29 is 4.74 Å². The Morgan fingerprint density at radius 1 is 1.31 bits per heavy atom. The second-order valence-electron chi connectivity index (χ2n) is 4.12. The van der Waals surface area contributed by atoms with Crippen LogP contribution in [0.3, 0.4) is 0 Å². The highest BCUT2D eigenvalue weighted by molar-refractivity contribution is 5.16. The first-order valence-electron chi connectivity index (χ1n) is 5.89. The van der Waals surface area contributed by atoms with Crippen LogP contribution >= 0.6 is 0 Å². The number of ether oxygens (including phenoxy) is 1. The van der Waals surface area contributed by atoms with Crippen LogP contribution in [0.25, 0.3) is 0 Å². The Kier molecular flexibility index (Phi) is 3.66. The lowest BCUT2D eigenvalue weighted by Gasteiger charge is -2.09. The maximum atomic E-state index is 5.66. The van der Waals surface area contributed by atoms with E-state index in [1.165, 1.54) is 0 Å². The van der Waals surface area contributed by atoms with E-state index < -0.39 is 0 Å². The van der Waals surface area contributed by atoms with E-state index in [1.54, 1.807) is 0 Å². The zero-order valence-corrected chi connectivity index (χ0v) is 9.65. The van der Waals surface area contributed by atoms with Gasteiger partial charge in [0, 0.05) is 19.4 Å². The van der Waals surface area contributed by atoms with E-state index in [0.29, 0.717) is 5.95 Å². The maximum absolute atomic E-state index is 5.66. The molecule has 0 bridgehead atoms. The second-order valence-corrected chi connectivity index (χ2v) is 4.12. The molecule has 1 fully saturated rings. The molecule has 2 rings (SSSR count). The molecule has 5 nitrogen and oxygen atoms in total. The number of aryl methyl sites for hydroxylation is 1. The van der Waals surface area contributed by atoms with Crippen molar-refractivity contribution in [1.82, 2.24) is 15.0 Å². The van der Waals surface area contributed by atoms with E-state index in [2.05, 4.69) is 21.9 Å². The van der Waals surface area contributed by atoms with E-state index >= 15 is 0 Å². The van der Waals surface area contributed by atoms with Crippen molar-refractivity contribution in [1.29, 1.82) is 0 Å². The average molecular weight is 222 g/mol. The molecule has 5 heteroatoms. The molecule has 1 atom stereocenters. The highest BCUT2D eigenvalue weighted by atomic mass is 16.5. The third-order valence-corrected chi connectivity index (χ3v) is 2.65. The number of hydrogen-bond donors (Lipinski definition) is 1.